The molecule has 0 saturated heterocycles. The van der Waals surface area contributed by atoms with Crippen LogP contribution in [-0.4, -0.2) is 23.5 Å². The zero-order valence-electron chi connectivity index (χ0n) is 12.6. The van der Waals surface area contributed by atoms with Gasteiger partial charge >= 0.3 is 0 Å². The van der Waals surface area contributed by atoms with E-state index in [4.69, 9.17) is 0 Å². The quantitative estimate of drug-likeness (QED) is 0.532. The highest BCUT2D eigenvalue weighted by atomic mass is 15.2. The average molecular weight is 241 g/mol. The van der Waals surface area contributed by atoms with E-state index in [0.717, 1.165) is 6.54 Å². The second kappa shape index (κ2) is 7.20. The molecular weight excluding hydrogens is 206 g/mol. The van der Waals surface area contributed by atoms with Gasteiger partial charge in [0.2, 0.25) is 0 Å². The minimum absolute atomic E-state index is 0. The van der Waals surface area contributed by atoms with Gasteiger partial charge in [-0.25, -0.2) is 0 Å². The summed E-state index contributed by atoms with van der Waals surface area (Å²) in [6, 6.07) is 0. The van der Waals surface area contributed by atoms with Crippen LogP contribution in [0.1, 0.15) is 69.2 Å². The average Bonchev–Trinajstić information content (AvgIpc) is 2.18. The first-order chi connectivity index (χ1) is 7.21. The molecule has 0 saturated carbocycles. The second-order valence-corrected chi connectivity index (χ2v) is 6.35. The number of rotatable bonds is 0. The summed E-state index contributed by atoms with van der Waals surface area (Å²) in [5.74, 6) is 0. The Morgan fingerprint density at radius 2 is 1.47 bits per heavy atom. The molecule has 17 heavy (non-hydrogen) atoms. The molecule has 0 amide bonds. The van der Waals surface area contributed by atoms with E-state index in [0.29, 0.717) is 11.0 Å². The van der Waals surface area contributed by atoms with Gasteiger partial charge < -0.3 is 0 Å². The van der Waals surface area contributed by atoms with Crippen molar-refractivity contribution >= 4 is 0 Å². The molecule has 1 nitrogen and oxygen atoms in total. The Bertz CT molecular complexity index is 225. The van der Waals surface area contributed by atoms with Gasteiger partial charge in [-0.2, -0.15) is 0 Å². The van der Waals surface area contributed by atoms with Gasteiger partial charge in [0.1, 0.15) is 0 Å². The molecule has 1 rings (SSSR count). The SMILES string of the molecule is C.CC.CC(C)(C)C1=CCN(C(C)(C)C)CC1. The highest BCUT2D eigenvalue weighted by Crippen LogP contribution is 2.31. The van der Waals surface area contributed by atoms with Crippen LogP contribution in [0.4, 0.5) is 0 Å². The van der Waals surface area contributed by atoms with Crippen LogP contribution in [0.3, 0.4) is 0 Å². The lowest BCUT2D eigenvalue weighted by molar-refractivity contribution is 0.144. The van der Waals surface area contributed by atoms with Crippen LogP contribution in [0.15, 0.2) is 11.6 Å². The molecular formula is C16H35N. The van der Waals surface area contributed by atoms with E-state index in [1.807, 2.05) is 13.8 Å². The van der Waals surface area contributed by atoms with E-state index in [1.165, 1.54) is 13.0 Å². The van der Waals surface area contributed by atoms with Crippen molar-refractivity contribution in [2.75, 3.05) is 13.1 Å². The molecule has 0 radical (unpaired) electrons. The predicted octanol–water partition coefficient (Wildman–Crippen LogP) is 5.13. The summed E-state index contributed by atoms with van der Waals surface area (Å²) in [7, 11) is 0. The zero-order valence-corrected chi connectivity index (χ0v) is 12.6. The van der Waals surface area contributed by atoms with Crippen molar-refractivity contribution < 1.29 is 0 Å². The molecule has 0 aromatic heterocycles. The Kier molecular flexibility index (Phi) is 8.07. The third-order valence-corrected chi connectivity index (χ3v) is 3.12. The fourth-order valence-electron chi connectivity index (χ4n) is 1.96. The summed E-state index contributed by atoms with van der Waals surface area (Å²) < 4.78 is 0. The summed E-state index contributed by atoms with van der Waals surface area (Å²) in [5.41, 5.74) is 2.31. The first-order valence-corrected chi connectivity index (χ1v) is 6.66. The molecule has 0 aliphatic carbocycles. The predicted molar refractivity (Wildman–Crippen MR) is 81.6 cm³/mol. The molecule has 0 aromatic carbocycles. The minimum atomic E-state index is 0. The van der Waals surface area contributed by atoms with Gasteiger partial charge in [-0.15, -0.1) is 0 Å². The van der Waals surface area contributed by atoms with Crippen molar-refractivity contribution in [2.45, 2.75) is 74.8 Å². The maximum atomic E-state index is 2.54. The smallest absolute Gasteiger partial charge is 0.0171 e. The van der Waals surface area contributed by atoms with Crippen molar-refractivity contribution in [1.82, 2.24) is 4.90 Å². The zero-order chi connectivity index (χ0) is 13.0. The van der Waals surface area contributed by atoms with Crippen molar-refractivity contribution in [3.8, 4) is 0 Å². The van der Waals surface area contributed by atoms with E-state index in [-0.39, 0.29) is 7.43 Å². The van der Waals surface area contributed by atoms with E-state index in [1.54, 1.807) is 5.57 Å². The van der Waals surface area contributed by atoms with Crippen molar-refractivity contribution in [1.29, 1.82) is 0 Å². The molecule has 0 spiro atoms. The van der Waals surface area contributed by atoms with Gasteiger partial charge in [-0.3, -0.25) is 4.90 Å². The van der Waals surface area contributed by atoms with E-state index >= 15 is 0 Å². The number of hydrogen-bond donors (Lipinski definition) is 0. The van der Waals surface area contributed by atoms with Crippen molar-refractivity contribution in [3.63, 3.8) is 0 Å². The van der Waals surface area contributed by atoms with Crippen LogP contribution >= 0.6 is 0 Å². The molecule has 1 heteroatoms. The summed E-state index contributed by atoms with van der Waals surface area (Å²) in [5, 5.41) is 0. The summed E-state index contributed by atoms with van der Waals surface area (Å²) in [6.45, 7) is 20.2. The van der Waals surface area contributed by atoms with E-state index < -0.39 is 0 Å². The van der Waals surface area contributed by atoms with Crippen LogP contribution in [0.2, 0.25) is 0 Å². The molecule has 0 fully saturated rings. The van der Waals surface area contributed by atoms with Gasteiger partial charge in [0, 0.05) is 18.6 Å². The Balaban J connectivity index is 0. The van der Waals surface area contributed by atoms with Gasteiger partial charge in [0.15, 0.2) is 0 Å². The molecule has 0 aromatic rings. The Morgan fingerprint density at radius 3 is 1.71 bits per heavy atom. The van der Waals surface area contributed by atoms with Crippen LogP contribution in [0.25, 0.3) is 0 Å². The Hall–Kier alpha value is -0.300. The standard InChI is InChI=1S/C13H25N.C2H6.CH4/c1-12(2,3)11-7-9-14(10-8-11)13(4,5)6;1-2;/h7H,8-10H2,1-6H3;1-2H3;1H4. The minimum Gasteiger partial charge on any atom is -0.295 e. The third-order valence-electron chi connectivity index (χ3n) is 3.12. The molecule has 0 atom stereocenters. The monoisotopic (exact) mass is 241 g/mol. The normalized spacial score (nSPS) is 17.5. The molecule has 1 aliphatic heterocycles. The van der Waals surface area contributed by atoms with E-state index in [2.05, 4.69) is 52.5 Å². The van der Waals surface area contributed by atoms with Crippen LogP contribution in [0.5, 0.6) is 0 Å². The van der Waals surface area contributed by atoms with Crippen LogP contribution in [0, 0.1) is 5.41 Å². The Labute approximate surface area is 110 Å². The van der Waals surface area contributed by atoms with Gasteiger partial charge in [0.05, 0.1) is 0 Å². The third kappa shape index (κ3) is 6.26. The summed E-state index contributed by atoms with van der Waals surface area (Å²) in [6.07, 6.45) is 3.66. The fraction of sp³-hybridized carbons (Fsp3) is 0.875. The number of nitrogens with zero attached hydrogens (tertiary/aromatic N) is 1. The summed E-state index contributed by atoms with van der Waals surface area (Å²) >= 11 is 0. The molecule has 0 unspecified atom stereocenters. The number of hydrogen-bond acceptors (Lipinski definition) is 1. The molecule has 0 bridgehead atoms. The molecule has 1 heterocycles. The second-order valence-electron chi connectivity index (χ2n) is 6.35. The maximum Gasteiger partial charge on any atom is 0.0171 e. The lowest BCUT2D eigenvalue weighted by atomic mass is 9.82. The highest BCUT2D eigenvalue weighted by Gasteiger charge is 2.26. The molecule has 104 valence electrons. The van der Waals surface area contributed by atoms with Gasteiger partial charge in [0.25, 0.3) is 0 Å². The fourth-order valence-corrected chi connectivity index (χ4v) is 1.96. The van der Waals surface area contributed by atoms with Gasteiger partial charge in [-0.1, -0.05) is 53.7 Å². The van der Waals surface area contributed by atoms with Crippen molar-refractivity contribution in [3.05, 3.63) is 11.6 Å². The highest BCUT2D eigenvalue weighted by molar-refractivity contribution is 5.15. The maximum absolute atomic E-state index is 2.54. The van der Waals surface area contributed by atoms with Gasteiger partial charge in [-0.05, 0) is 32.6 Å². The first kappa shape index (κ1) is 19.0. The van der Waals surface area contributed by atoms with E-state index in [9.17, 15) is 0 Å². The van der Waals surface area contributed by atoms with Crippen LogP contribution < -0.4 is 0 Å². The molecule has 1 aliphatic rings. The largest absolute Gasteiger partial charge is 0.295 e. The topological polar surface area (TPSA) is 3.24 Å². The molecule has 0 N–H and O–H groups in total. The summed E-state index contributed by atoms with van der Waals surface area (Å²) in [4.78, 5) is 2.54. The lowest BCUT2D eigenvalue weighted by Crippen LogP contribution is -2.44. The van der Waals surface area contributed by atoms with Crippen LogP contribution in [-0.2, 0) is 0 Å². The first-order valence-electron chi connectivity index (χ1n) is 6.66. The lowest BCUT2D eigenvalue weighted by Gasteiger charge is -2.39. The Morgan fingerprint density at radius 1 is 1.00 bits per heavy atom. The van der Waals surface area contributed by atoms with Crippen molar-refractivity contribution in [2.24, 2.45) is 5.41 Å².